The predicted octanol–water partition coefficient (Wildman–Crippen LogP) is 0.648. The first kappa shape index (κ1) is 13.5. The molecule has 2 rings (SSSR count). The molecule has 1 aromatic carbocycles. The molecule has 0 amide bonds. The van der Waals surface area contributed by atoms with Gasteiger partial charge in [-0.05, 0) is 17.7 Å². The van der Waals surface area contributed by atoms with Crippen LogP contribution in [0.2, 0.25) is 0 Å². The SMILES string of the molecule is Cl.NCC(O)c1ccc2[nH]c(=O)cc(O)c2c1. The molecule has 0 aliphatic rings. The van der Waals surface area contributed by atoms with Gasteiger partial charge in [-0.15, -0.1) is 12.4 Å². The van der Waals surface area contributed by atoms with E-state index in [9.17, 15) is 15.0 Å². The maximum Gasteiger partial charge on any atom is 0.252 e. The zero-order chi connectivity index (χ0) is 11.7. The maximum atomic E-state index is 11.1. The van der Waals surface area contributed by atoms with Crippen molar-refractivity contribution in [2.45, 2.75) is 6.10 Å². The number of nitrogens with one attached hydrogen (secondary N) is 1. The van der Waals surface area contributed by atoms with Gasteiger partial charge in [-0.1, -0.05) is 6.07 Å². The fraction of sp³-hybridized carbons (Fsp3) is 0.182. The lowest BCUT2D eigenvalue weighted by Gasteiger charge is -2.09. The lowest BCUT2D eigenvalue weighted by Crippen LogP contribution is -2.11. The van der Waals surface area contributed by atoms with Crippen LogP contribution in [0, 0.1) is 0 Å². The molecule has 0 fully saturated rings. The third kappa shape index (κ3) is 2.58. The highest BCUT2D eigenvalue weighted by molar-refractivity contribution is 5.85. The van der Waals surface area contributed by atoms with Crippen molar-refractivity contribution in [1.29, 1.82) is 0 Å². The fourth-order valence-electron chi connectivity index (χ4n) is 1.60. The van der Waals surface area contributed by atoms with Gasteiger partial charge in [0.05, 0.1) is 11.6 Å². The number of halogens is 1. The minimum atomic E-state index is -0.768. The van der Waals surface area contributed by atoms with Gasteiger partial charge in [-0.3, -0.25) is 4.79 Å². The van der Waals surface area contributed by atoms with E-state index in [1.54, 1.807) is 18.2 Å². The van der Waals surface area contributed by atoms with Crippen molar-refractivity contribution in [3.05, 3.63) is 40.2 Å². The topological polar surface area (TPSA) is 99.3 Å². The molecule has 0 spiro atoms. The number of hydrogen-bond acceptors (Lipinski definition) is 4. The van der Waals surface area contributed by atoms with E-state index in [-0.39, 0.29) is 30.3 Å². The Bertz CT molecular complexity index is 582. The lowest BCUT2D eigenvalue weighted by molar-refractivity contribution is 0.187. The van der Waals surface area contributed by atoms with Crippen LogP contribution < -0.4 is 11.3 Å². The monoisotopic (exact) mass is 256 g/mol. The molecule has 0 aliphatic carbocycles. The third-order valence-electron chi connectivity index (χ3n) is 2.45. The summed E-state index contributed by atoms with van der Waals surface area (Å²) in [6, 6.07) is 6.00. The summed E-state index contributed by atoms with van der Waals surface area (Å²) in [5, 5.41) is 19.6. The molecule has 17 heavy (non-hydrogen) atoms. The minimum absolute atomic E-state index is 0. The standard InChI is InChI=1S/C11H12N2O3.ClH/c12-5-10(15)6-1-2-8-7(3-6)9(14)4-11(16)13-8;/h1-4,10,15H,5,12H2,(H2,13,14,16);1H. The Balaban J connectivity index is 0.00000144. The van der Waals surface area contributed by atoms with Crippen molar-refractivity contribution in [3.8, 4) is 5.75 Å². The summed E-state index contributed by atoms with van der Waals surface area (Å²) in [5.41, 5.74) is 6.11. The molecule has 92 valence electrons. The number of fused-ring (bicyclic) bond motifs is 1. The van der Waals surface area contributed by atoms with E-state index in [4.69, 9.17) is 5.73 Å². The first-order valence-electron chi connectivity index (χ1n) is 4.86. The summed E-state index contributed by atoms with van der Waals surface area (Å²) in [7, 11) is 0. The number of aromatic hydroxyl groups is 1. The van der Waals surface area contributed by atoms with Crippen molar-refractivity contribution in [1.82, 2.24) is 4.98 Å². The molecule has 1 atom stereocenters. The molecule has 6 heteroatoms. The second kappa shape index (κ2) is 5.18. The smallest absolute Gasteiger partial charge is 0.252 e. The van der Waals surface area contributed by atoms with Crippen LogP contribution in [0.25, 0.3) is 10.9 Å². The molecule has 0 saturated carbocycles. The van der Waals surface area contributed by atoms with E-state index >= 15 is 0 Å². The van der Waals surface area contributed by atoms with Gasteiger partial charge in [0.2, 0.25) is 0 Å². The summed E-state index contributed by atoms with van der Waals surface area (Å²) >= 11 is 0. The Morgan fingerprint density at radius 1 is 1.35 bits per heavy atom. The molecule has 1 aromatic heterocycles. The van der Waals surface area contributed by atoms with Crippen LogP contribution in [0.5, 0.6) is 5.75 Å². The second-order valence-electron chi connectivity index (χ2n) is 3.58. The first-order valence-corrected chi connectivity index (χ1v) is 4.86. The molecule has 1 unspecified atom stereocenters. The Morgan fingerprint density at radius 2 is 2.06 bits per heavy atom. The van der Waals surface area contributed by atoms with Crippen LogP contribution in [0.4, 0.5) is 0 Å². The van der Waals surface area contributed by atoms with E-state index in [1.165, 1.54) is 0 Å². The molecular formula is C11H13ClN2O3. The number of aliphatic hydroxyl groups excluding tert-OH is 1. The minimum Gasteiger partial charge on any atom is -0.507 e. The van der Waals surface area contributed by atoms with E-state index in [2.05, 4.69) is 4.98 Å². The summed E-state index contributed by atoms with van der Waals surface area (Å²) < 4.78 is 0. The van der Waals surface area contributed by atoms with Crippen LogP contribution in [-0.4, -0.2) is 21.7 Å². The van der Waals surface area contributed by atoms with Gasteiger partial charge in [-0.2, -0.15) is 0 Å². The quantitative estimate of drug-likeness (QED) is 0.634. The predicted molar refractivity (Wildman–Crippen MR) is 67.5 cm³/mol. The zero-order valence-corrected chi connectivity index (χ0v) is 9.70. The molecule has 1 heterocycles. The number of benzene rings is 1. The number of aliphatic hydroxyl groups is 1. The van der Waals surface area contributed by atoms with Gasteiger partial charge in [0.1, 0.15) is 5.75 Å². The number of pyridine rings is 1. The fourth-order valence-corrected chi connectivity index (χ4v) is 1.60. The van der Waals surface area contributed by atoms with Gasteiger partial charge in [-0.25, -0.2) is 0 Å². The highest BCUT2D eigenvalue weighted by Gasteiger charge is 2.08. The molecule has 0 radical (unpaired) electrons. The van der Waals surface area contributed by atoms with Crippen molar-refractivity contribution in [3.63, 3.8) is 0 Å². The van der Waals surface area contributed by atoms with Gasteiger partial charge in [0.25, 0.3) is 5.56 Å². The Morgan fingerprint density at radius 3 is 2.71 bits per heavy atom. The third-order valence-corrected chi connectivity index (χ3v) is 2.45. The van der Waals surface area contributed by atoms with Crippen LogP contribution in [-0.2, 0) is 0 Å². The molecule has 5 nitrogen and oxygen atoms in total. The van der Waals surface area contributed by atoms with Crippen LogP contribution in [0.15, 0.2) is 29.1 Å². The normalized spacial score (nSPS) is 12.1. The second-order valence-corrected chi connectivity index (χ2v) is 3.58. The average molecular weight is 257 g/mol. The van der Waals surface area contributed by atoms with Gasteiger partial charge >= 0.3 is 0 Å². The molecule has 0 aliphatic heterocycles. The lowest BCUT2D eigenvalue weighted by atomic mass is 10.1. The molecular weight excluding hydrogens is 244 g/mol. The van der Waals surface area contributed by atoms with Gasteiger partial charge < -0.3 is 20.9 Å². The van der Waals surface area contributed by atoms with Crippen LogP contribution in [0.1, 0.15) is 11.7 Å². The van der Waals surface area contributed by atoms with Crippen LogP contribution >= 0.6 is 12.4 Å². The molecule has 0 bridgehead atoms. The molecule has 2 aromatic rings. The summed E-state index contributed by atoms with van der Waals surface area (Å²) in [5.74, 6) is -0.107. The number of H-pyrrole nitrogens is 1. The number of rotatable bonds is 2. The average Bonchev–Trinajstić information content (AvgIpc) is 2.27. The number of hydrogen-bond donors (Lipinski definition) is 4. The van der Waals surface area contributed by atoms with E-state index < -0.39 is 6.10 Å². The summed E-state index contributed by atoms with van der Waals surface area (Å²) in [6.07, 6.45) is -0.768. The molecule has 0 saturated heterocycles. The maximum absolute atomic E-state index is 11.1. The van der Waals surface area contributed by atoms with Crippen molar-refractivity contribution >= 4 is 23.3 Å². The van der Waals surface area contributed by atoms with E-state index in [0.29, 0.717) is 16.5 Å². The highest BCUT2D eigenvalue weighted by atomic mass is 35.5. The van der Waals surface area contributed by atoms with Gasteiger partial charge in [0, 0.05) is 18.0 Å². The Labute approximate surface area is 103 Å². The Kier molecular flexibility index (Phi) is 4.11. The summed E-state index contributed by atoms with van der Waals surface area (Å²) in [6.45, 7) is 0.107. The van der Waals surface area contributed by atoms with Crippen molar-refractivity contribution in [2.75, 3.05) is 6.54 Å². The largest absolute Gasteiger partial charge is 0.507 e. The highest BCUT2D eigenvalue weighted by Crippen LogP contribution is 2.24. The van der Waals surface area contributed by atoms with E-state index in [0.717, 1.165) is 6.07 Å². The van der Waals surface area contributed by atoms with Gasteiger partial charge in [0.15, 0.2) is 0 Å². The number of aromatic nitrogens is 1. The number of nitrogens with two attached hydrogens (primary N) is 1. The first-order chi connectivity index (χ1) is 7.61. The van der Waals surface area contributed by atoms with E-state index in [1.807, 2.05) is 0 Å². The Hall–Kier alpha value is -1.56. The van der Waals surface area contributed by atoms with Crippen LogP contribution in [0.3, 0.4) is 0 Å². The zero-order valence-electron chi connectivity index (χ0n) is 8.88. The van der Waals surface area contributed by atoms with Crippen molar-refractivity contribution in [2.24, 2.45) is 5.73 Å². The van der Waals surface area contributed by atoms with Crippen molar-refractivity contribution < 1.29 is 10.2 Å². The number of aromatic amines is 1. The molecule has 5 N–H and O–H groups in total. The summed E-state index contributed by atoms with van der Waals surface area (Å²) in [4.78, 5) is 13.7.